The molecule has 1 aliphatic heterocycles. The van der Waals surface area contributed by atoms with Crippen molar-refractivity contribution in [3.63, 3.8) is 0 Å². The van der Waals surface area contributed by atoms with E-state index >= 15 is 0 Å². The predicted molar refractivity (Wildman–Crippen MR) is 142 cm³/mol. The summed E-state index contributed by atoms with van der Waals surface area (Å²) in [4.78, 5) is 22.2. The van der Waals surface area contributed by atoms with Crippen molar-refractivity contribution in [2.45, 2.75) is 13.5 Å². The summed E-state index contributed by atoms with van der Waals surface area (Å²) in [6.07, 6.45) is 0. The molecule has 1 aliphatic rings. The van der Waals surface area contributed by atoms with Crippen LogP contribution < -0.4 is 10.6 Å². The number of amides is 1. The van der Waals surface area contributed by atoms with Gasteiger partial charge in [0.1, 0.15) is 5.82 Å². The molecule has 2 heterocycles. The minimum absolute atomic E-state index is 0.00270. The summed E-state index contributed by atoms with van der Waals surface area (Å²) >= 11 is 0. The van der Waals surface area contributed by atoms with E-state index in [0.717, 1.165) is 51.9 Å². The van der Waals surface area contributed by atoms with Crippen molar-refractivity contribution in [3.8, 4) is 11.1 Å². The quantitative estimate of drug-likeness (QED) is 0.453. The maximum absolute atomic E-state index is 13.5. The molecule has 4 aromatic rings. The number of benzene rings is 3. The van der Waals surface area contributed by atoms with Crippen molar-refractivity contribution in [2.24, 2.45) is 0 Å². The third kappa shape index (κ3) is 4.70. The molecule has 3 aromatic carbocycles. The van der Waals surface area contributed by atoms with Crippen LogP contribution >= 0.6 is 0 Å². The zero-order valence-electron chi connectivity index (χ0n) is 20.2. The lowest BCUT2D eigenvalue weighted by Crippen LogP contribution is -2.36. The standard InChI is InChI=1S/C29H30N4O2/c1-20-7-6-10-24(29(34)32(2)19-21-8-4-3-5-9-21)27(20)22-11-12-25-23(17-22)18-26(28(30)31-25)33-13-15-35-16-14-33/h3-12,17-18H,13-16,19H2,1-2H3,(H2,30,31). The Morgan fingerprint density at radius 1 is 1.03 bits per heavy atom. The summed E-state index contributed by atoms with van der Waals surface area (Å²) in [5.74, 6) is 0.526. The molecule has 178 valence electrons. The highest BCUT2D eigenvalue weighted by atomic mass is 16.5. The molecule has 0 aliphatic carbocycles. The Kier molecular flexibility index (Phi) is 6.38. The molecule has 2 N–H and O–H groups in total. The third-order valence-electron chi connectivity index (χ3n) is 6.58. The highest BCUT2D eigenvalue weighted by molar-refractivity contribution is 6.02. The maximum Gasteiger partial charge on any atom is 0.254 e. The van der Waals surface area contributed by atoms with Gasteiger partial charge >= 0.3 is 0 Å². The Hall–Kier alpha value is -3.90. The highest BCUT2D eigenvalue weighted by Gasteiger charge is 2.20. The summed E-state index contributed by atoms with van der Waals surface area (Å²) in [7, 11) is 1.85. The van der Waals surface area contributed by atoms with Crippen molar-refractivity contribution in [1.82, 2.24) is 9.88 Å². The van der Waals surface area contributed by atoms with E-state index < -0.39 is 0 Å². The van der Waals surface area contributed by atoms with E-state index in [1.165, 1.54) is 0 Å². The van der Waals surface area contributed by atoms with Crippen LogP contribution in [0, 0.1) is 6.92 Å². The normalized spacial score (nSPS) is 13.7. The Morgan fingerprint density at radius 3 is 2.57 bits per heavy atom. The van der Waals surface area contributed by atoms with E-state index in [4.69, 9.17) is 10.5 Å². The molecule has 6 nitrogen and oxygen atoms in total. The third-order valence-corrected chi connectivity index (χ3v) is 6.58. The molecule has 35 heavy (non-hydrogen) atoms. The van der Waals surface area contributed by atoms with Gasteiger partial charge in [-0.2, -0.15) is 0 Å². The van der Waals surface area contributed by atoms with Crippen LogP contribution in [0.1, 0.15) is 21.5 Å². The van der Waals surface area contributed by atoms with Gasteiger partial charge in [-0.25, -0.2) is 4.98 Å². The molecular formula is C29H30N4O2. The second-order valence-corrected chi connectivity index (χ2v) is 9.04. The topological polar surface area (TPSA) is 71.7 Å². The van der Waals surface area contributed by atoms with E-state index in [-0.39, 0.29) is 5.91 Å². The molecule has 5 rings (SSSR count). The summed E-state index contributed by atoms with van der Waals surface area (Å²) in [5, 5.41) is 0.998. The van der Waals surface area contributed by atoms with E-state index in [9.17, 15) is 4.79 Å². The van der Waals surface area contributed by atoms with Crippen LogP contribution in [0.4, 0.5) is 11.5 Å². The smallest absolute Gasteiger partial charge is 0.254 e. The molecular weight excluding hydrogens is 436 g/mol. The van der Waals surface area contributed by atoms with Crippen LogP contribution in [0.15, 0.2) is 72.8 Å². The fourth-order valence-corrected chi connectivity index (χ4v) is 4.76. The fourth-order valence-electron chi connectivity index (χ4n) is 4.76. The number of morpholine rings is 1. The first kappa shape index (κ1) is 22.9. The van der Waals surface area contributed by atoms with Crippen molar-refractivity contribution in [1.29, 1.82) is 0 Å². The molecule has 6 heteroatoms. The van der Waals surface area contributed by atoms with Crippen LogP contribution in [0.5, 0.6) is 0 Å². The van der Waals surface area contributed by atoms with E-state index in [1.54, 1.807) is 4.90 Å². The van der Waals surface area contributed by atoms with Gasteiger partial charge in [0.05, 0.1) is 24.4 Å². The number of carbonyl (C=O) groups excluding carboxylic acids is 1. The number of aromatic nitrogens is 1. The minimum atomic E-state index is -0.00270. The fraction of sp³-hybridized carbons (Fsp3) is 0.241. The van der Waals surface area contributed by atoms with Gasteiger partial charge < -0.3 is 20.3 Å². The largest absolute Gasteiger partial charge is 0.382 e. The van der Waals surface area contributed by atoms with Crippen LogP contribution in [0.3, 0.4) is 0 Å². The Labute approximate surface area is 205 Å². The molecule has 0 radical (unpaired) electrons. The van der Waals surface area contributed by atoms with Crippen molar-refractivity contribution in [2.75, 3.05) is 44.0 Å². The van der Waals surface area contributed by atoms with Crippen molar-refractivity contribution in [3.05, 3.63) is 89.5 Å². The van der Waals surface area contributed by atoms with Gasteiger partial charge in [-0.1, -0.05) is 48.5 Å². The lowest BCUT2D eigenvalue weighted by molar-refractivity contribution is 0.0786. The number of hydrogen-bond donors (Lipinski definition) is 1. The average Bonchev–Trinajstić information content (AvgIpc) is 2.88. The van der Waals surface area contributed by atoms with Gasteiger partial charge in [-0.05, 0) is 53.4 Å². The van der Waals surface area contributed by atoms with Gasteiger partial charge in [0, 0.05) is 37.6 Å². The number of anilines is 2. The number of nitrogens with zero attached hydrogens (tertiary/aromatic N) is 3. The van der Waals surface area contributed by atoms with Crippen LogP contribution in [0.25, 0.3) is 22.0 Å². The van der Waals surface area contributed by atoms with Crippen molar-refractivity contribution < 1.29 is 9.53 Å². The molecule has 0 spiro atoms. The van der Waals surface area contributed by atoms with Gasteiger partial charge in [-0.15, -0.1) is 0 Å². The Bertz CT molecular complexity index is 1360. The predicted octanol–water partition coefficient (Wildman–Crippen LogP) is 4.90. The number of aryl methyl sites for hydroxylation is 1. The number of nitrogens with two attached hydrogens (primary N) is 1. The lowest BCUT2D eigenvalue weighted by Gasteiger charge is -2.29. The summed E-state index contributed by atoms with van der Waals surface area (Å²) in [6, 6.07) is 24.2. The van der Waals surface area contributed by atoms with E-state index in [2.05, 4.69) is 22.0 Å². The number of ether oxygens (including phenoxy) is 1. The first-order valence-corrected chi connectivity index (χ1v) is 11.9. The van der Waals surface area contributed by atoms with Crippen molar-refractivity contribution >= 4 is 28.3 Å². The molecule has 0 unspecified atom stereocenters. The van der Waals surface area contributed by atoms with E-state index in [0.29, 0.717) is 31.1 Å². The zero-order valence-corrected chi connectivity index (χ0v) is 20.2. The number of rotatable bonds is 5. The summed E-state index contributed by atoms with van der Waals surface area (Å²) < 4.78 is 5.49. The van der Waals surface area contributed by atoms with Crippen LogP contribution in [-0.4, -0.2) is 49.1 Å². The maximum atomic E-state index is 13.5. The Morgan fingerprint density at radius 2 is 1.80 bits per heavy atom. The minimum Gasteiger partial charge on any atom is -0.382 e. The average molecular weight is 467 g/mol. The van der Waals surface area contributed by atoms with Crippen LogP contribution in [0.2, 0.25) is 0 Å². The Balaban J connectivity index is 1.52. The van der Waals surface area contributed by atoms with Gasteiger partial charge in [-0.3, -0.25) is 4.79 Å². The highest BCUT2D eigenvalue weighted by Crippen LogP contribution is 2.33. The number of hydrogen-bond acceptors (Lipinski definition) is 5. The molecule has 0 saturated carbocycles. The SMILES string of the molecule is Cc1cccc(C(=O)N(C)Cc2ccccc2)c1-c1ccc2nc(N)c(N3CCOCC3)cc2c1. The number of carbonyl (C=O) groups is 1. The molecule has 1 fully saturated rings. The molecule has 1 aromatic heterocycles. The number of nitrogen functional groups attached to an aromatic ring is 1. The van der Waals surface area contributed by atoms with Crippen LogP contribution in [-0.2, 0) is 11.3 Å². The monoisotopic (exact) mass is 466 g/mol. The second kappa shape index (κ2) is 9.76. The first-order valence-electron chi connectivity index (χ1n) is 11.9. The zero-order chi connectivity index (χ0) is 24.4. The van der Waals surface area contributed by atoms with Gasteiger partial charge in [0.25, 0.3) is 5.91 Å². The molecule has 1 saturated heterocycles. The molecule has 0 atom stereocenters. The molecule has 0 bridgehead atoms. The van der Waals surface area contributed by atoms with Gasteiger partial charge in [0.2, 0.25) is 0 Å². The summed E-state index contributed by atoms with van der Waals surface area (Å²) in [6.45, 7) is 5.55. The lowest BCUT2D eigenvalue weighted by atomic mass is 9.93. The van der Waals surface area contributed by atoms with Gasteiger partial charge in [0.15, 0.2) is 0 Å². The molecule has 1 amide bonds. The first-order chi connectivity index (χ1) is 17.0. The number of fused-ring (bicyclic) bond motifs is 1. The summed E-state index contributed by atoms with van der Waals surface area (Å²) in [5.41, 5.74) is 12.9. The number of pyridine rings is 1. The van der Waals surface area contributed by atoms with E-state index in [1.807, 2.05) is 74.6 Å². The second-order valence-electron chi connectivity index (χ2n) is 9.04.